The Labute approximate surface area is 141 Å². The second kappa shape index (κ2) is 7.97. The van der Waals surface area contributed by atoms with Crippen molar-refractivity contribution in [1.82, 2.24) is 15.2 Å². The highest BCUT2D eigenvalue weighted by Crippen LogP contribution is 2.25. The molecule has 0 spiro atoms. The molecule has 6 heteroatoms. The van der Waals surface area contributed by atoms with Crippen LogP contribution in [0.15, 0.2) is 41.1 Å². The molecule has 1 saturated heterocycles. The van der Waals surface area contributed by atoms with Crippen LogP contribution in [0, 0.1) is 0 Å². The Balaban J connectivity index is 1.69. The number of aromatic nitrogens is 1. The van der Waals surface area contributed by atoms with Crippen LogP contribution < -0.4 is 10.1 Å². The minimum absolute atomic E-state index is 0.0543. The zero-order chi connectivity index (χ0) is 16.8. The highest BCUT2D eigenvalue weighted by Gasteiger charge is 2.26. The maximum absolute atomic E-state index is 12.5. The summed E-state index contributed by atoms with van der Waals surface area (Å²) in [5.74, 6) is 1.07. The number of nitrogens with zero attached hydrogens (tertiary/aromatic N) is 2. The quantitative estimate of drug-likeness (QED) is 0.846. The van der Waals surface area contributed by atoms with Crippen molar-refractivity contribution in [2.75, 3.05) is 26.2 Å². The minimum atomic E-state index is -0.178. The molecule has 0 aromatic carbocycles. The Morgan fingerprint density at radius 2 is 2.21 bits per heavy atom. The van der Waals surface area contributed by atoms with Gasteiger partial charge in [0.1, 0.15) is 11.3 Å². The van der Waals surface area contributed by atoms with Crippen molar-refractivity contribution < 1.29 is 13.9 Å². The van der Waals surface area contributed by atoms with Crippen molar-refractivity contribution in [1.29, 1.82) is 0 Å². The first-order valence-corrected chi connectivity index (χ1v) is 8.43. The lowest BCUT2D eigenvalue weighted by molar-refractivity contribution is 0.0929. The predicted octanol–water partition coefficient (Wildman–Crippen LogP) is 2.64. The van der Waals surface area contributed by atoms with Crippen LogP contribution in [0.5, 0.6) is 5.88 Å². The average molecular weight is 329 g/mol. The van der Waals surface area contributed by atoms with Crippen LogP contribution in [0.4, 0.5) is 0 Å². The third kappa shape index (κ3) is 3.76. The Kier molecular flexibility index (Phi) is 5.48. The fourth-order valence-electron chi connectivity index (χ4n) is 3.04. The van der Waals surface area contributed by atoms with Crippen molar-refractivity contribution in [3.05, 3.63) is 48.0 Å². The van der Waals surface area contributed by atoms with Gasteiger partial charge in [0.05, 0.1) is 18.9 Å². The van der Waals surface area contributed by atoms with Crippen LogP contribution in [0.2, 0.25) is 0 Å². The highest BCUT2D eigenvalue weighted by atomic mass is 16.5. The lowest BCUT2D eigenvalue weighted by Crippen LogP contribution is -2.36. The first kappa shape index (κ1) is 16.5. The number of ether oxygens (including phenoxy) is 1. The number of nitrogens with one attached hydrogen (secondary N) is 1. The van der Waals surface area contributed by atoms with Gasteiger partial charge in [-0.15, -0.1) is 0 Å². The van der Waals surface area contributed by atoms with Gasteiger partial charge in [0.2, 0.25) is 5.88 Å². The van der Waals surface area contributed by atoms with E-state index in [2.05, 4.69) is 15.2 Å². The van der Waals surface area contributed by atoms with Crippen molar-refractivity contribution in [2.45, 2.75) is 25.8 Å². The highest BCUT2D eigenvalue weighted by molar-refractivity contribution is 5.96. The van der Waals surface area contributed by atoms with Crippen LogP contribution in [0.3, 0.4) is 0 Å². The monoisotopic (exact) mass is 329 g/mol. The average Bonchev–Trinajstić information content (AvgIpc) is 3.30. The number of carbonyl (C=O) groups is 1. The summed E-state index contributed by atoms with van der Waals surface area (Å²) in [5.41, 5.74) is 0.457. The van der Waals surface area contributed by atoms with E-state index < -0.39 is 0 Å². The first-order valence-electron chi connectivity index (χ1n) is 8.43. The molecule has 2 aromatic heterocycles. The molecule has 1 amide bonds. The second-order valence-electron chi connectivity index (χ2n) is 5.77. The maximum Gasteiger partial charge on any atom is 0.256 e. The van der Waals surface area contributed by atoms with E-state index in [-0.39, 0.29) is 11.9 Å². The van der Waals surface area contributed by atoms with E-state index in [0.29, 0.717) is 24.6 Å². The molecule has 1 atom stereocenters. The molecule has 128 valence electrons. The van der Waals surface area contributed by atoms with Crippen LogP contribution in [-0.4, -0.2) is 42.0 Å². The molecule has 3 rings (SSSR count). The zero-order valence-electron chi connectivity index (χ0n) is 13.9. The third-order valence-electron chi connectivity index (χ3n) is 4.21. The van der Waals surface area contributed by atoms with Gasteiger partial charge in [-0.05, 0) is 57.1 Å². The maximum atomic E-state index is 12.5. The van der Waals surface area contributed by atoms with Gasteiger partial charge in [0, 0.05) is 12.7 Å². The summed E-state index contributed by atoms with van der Waals surface area (Å²) in [5, 5.41) is 3.00. The number of likely N-dealkylation sites (tertiary alicyclic amines) is 1. The van der Waals surface area contributed by atoms with Crippen LogP contribution in [-0.2, 0) is 0 Å². The van der Waals surface area contributed by atoms with Crippen LogP contribution in [0.25, 0.3) is 0 Å². The third-order valence-corrected chi connectivity index (χ3v) is 4.21. The van der Waals surface area contributed by atoms with Gasteiger partial charge in [-0.2, -0.15) is 0 Å². The second-order valence-corrected chi connectivity index (χ2v) is 5.77. The molecule has 6 nitrogen and oxygen atoms in total. The van der Waals surface area contributed by atoms with Crippen molar-refractivity contribution >= 4 is 5.91 Å². The summed E-state index contributed by atoms with van der Waals surface area (Å²) in [7, 11) is 0. The number of rotatable bonds is 7. The van der Waals surface area contributed by atoms with Gasteiger partial charge in [-0.25, -0.2) is 4.98 Å². The molecule has 0 bridgehead atoms. The molecule has 0 unspecified atom stereocenters. The first-order chi connectivity index (χ1) is 11.8. The molecule has 2 aromatic rings. The number of hydrogen-bond donors (Lipinski definition) is 1. The molecule has 1 aliphatic rings. The molecule has 1 fully saturated rings. The number of furan rings is 1. The molecular weight excluding hydrogens is 306 g/mol. The van der Waals surface area contributed by atoms with Gasteiger partial charge in [-0.1, -0.05) is 0 Å². The van der Waals surface area contributed by atoms with E-state index in [1.54, 1.807) is 24.6 Å². The van der Waals surface area contributed by atoms with E-state index >= 15 is 0 Å². The van der Waals surface area contributed by atoms with Crippen LogP contribution in [0.1, 0.15) is 41.9 Å². The molecule has 3 heterocycles. The van der Waals surface area contributed by atoms with Crippen molar-refractivity contribution in [2.24, 2.45) is 0 Å². The number of amides is 1. The van der Waals surface area contributed by atoms with Gasteiger partial charge in [-0.3, -0.25) is 9.69 Å². The molecule has 0 radical (unpaired) electrons. The van der Waals surface area contributed by atoms with E-state index in [4.69, 9.17) is 9.15 Å². The molecule has 1 N–H and O–H groups in total. The molecular formula is C18H23N3O3. The fourth-order valence-corrected chi connectivity index (χ4v) is 3.04. The molecule has 0 saturated carbocycles. The lowest BCUT2D eigenvalue weighted by atomic mass is 10.2. The van der Waals surface area contributed by atoms with Crippen molar-refractivity contribution in [3.8, 4) is 5.88 Å². The summed E-state index contributed by atoms with van der Waals surface area (Å²) in [6.07, 6.45) is 5.66. The standard InChI is InChI=1S/C18H23N3O3/c1-2-23-18-14(7-5-9-19-18)17(22)20-13-15(16-8-6-12-24-16)21-10-3-4-11-21/h5-9,12,15H,2-4,10-11,13H2,1H3,(H,20,22)/t15-/m1/s1. The fraction of sp³-hybridized carbons (Fsp3) is 0.444. The zero-order valence-corrected chi connectivity index (χ0v) is 13.9. The van der Waals surface area contributed by atoms with E-state index in [1.807, 2.05) is 19.1 Å². The number of hydrogen-bond acceptors (Lipinski definition) is 5. The summed E-state index contributed by atoms with van der Waals surface area (Å²) in [4.78, 5) is 19.0. The lowest BCUT2D eigenvalue weighted by Gasteiger charge is -2.26. The Morgan fingerprint density at radius 1 is 1.38 bits per heavy atom. The number of pyridine rings is 1. The topological polar surface area (TPSA) is 67.6 Å². The number of carbonyl (C=O) groups excluding carboxylic acids is 1. The summed E-state index contributed by atoms with van der Waals surface area (Å²) < 4.78 is 11.0. The van der Waals surface area contributed by atoms with Gasteiger partial charge in [0.15, 0.2) is 0 Å². The van der Waals surface area contributed by atoms with Gasteiger partial charge < -0.3 is 14.5 Å². The molecule has 1 aliphatic heterocycles. The van der Waals surface area contributed by atoms with Crippen LogP contribution >= 0.6 is 0 Å². The minimum Gasteiger partial charge on any atom is -0.477 e. The van der Waals surface area contributed by atoms with E-state index in [1.165, 1.54) is 12.8 Å². The van der Waals surface area contributed by atoms with E-state index in [9.17, 15) is 4.79 Å². The summed E-state index contributed by atoms with van der Waals surface area (Å²) >= 11 is 0. The SMILES string of the molecule is CCOc1ncccc1C(=O)NC[C@H](c1ccco1)N1CCCC1. The van der Waals surface area contributed by atoms with Gasteiger partial charge in [0.25, 0.3) is 5.91 Å². The molecule has 0 aliphatic carbocycles. The van der Waals surface area contributed by atoms with Crippen molar-refractivity contribution in [3.63, 3.8) is 0 Å². The summed E-state index contributed by atoms with van der Waals surface area (Å²) in [6.45, 7) is 4.89. The Morgan fingerprint density at radius 3 is 2.92 bits per heavy atom. The Hall–Kier alpha value is -2.34. The van der Waals surface area contributed by atoms with Gasteiger partial charge >= 0.3 is 0 Å². The summed E-state index contributed by atoms with van der Waals surface area (Å²) in [6, 6.07) is 7.37. The predicted molar refractivity (Wildman–Crippen MR) is 90.0 cm³/mol. The molecule has 24 heavy (non-hydrogen) atoms. The normalized spacial score (nSPS) is 16.0. The smallest absolute Gasteiger partial charge is 0.256 e. The van der Waals surface area contributed by atoms with E-state index in [0.717, 1.165) is 18.8 Å². The Bertz CT molecular complexity index is 651. The largest absolute Gasteiger partial charge is 0.477 e.